The fourth-order valence-electron chi connectivity index (χ4n) is 3.49. The lowest BCUT2D eigenvalue weighted by Crippen LogP contribution is -2.50. The Labute approximate surface area is 115 Å². The predicted molar refractivity (Wildman–Crippen MR) is 73.0 cm³/mol. The van der Waals surface area contributed by atoms with E-state index in [1.807, 2.05) is 0 Å². The third-order valence-electron chi connectivity index (χ3n) is 4.66. The molecule has 1 saturated carbocycles. The van der Waals surface area contributed by atoms with Gasteiger partial charge in [0.2, 0.25) is 0 Å². The van der Waals surface area contributed by atoms with Crippen LogP contribution in [0, 0.1) is 11.3 Å². The first kappa shape index (κ1) is 14.5. The van der Waals surface area contributed by atoms with E-state index in [0.717, 1.165) is 38.6 Å². The minimum atomic E-state index is -0.755. The third-order valence-corrected chi connectivity index (χ3v) is 4.66. The zero-order valence-corrected chi connectivity index (χ0v) is 12.0. The van der Waals surface area contributed by atoms with Crippen molar-refractivity contribution >= 4 is 11.8 Å². The van der Waals surface area contributed by atoms with Crippen LogP contribution in [0.15, 0.2) is 0 Å². The number of nitrogens with zero attached hydrogens (tertiary/aromatic N) is 1. The fourth-order valence-corrected chi connectivity index (χ4v) is 3.49. The van der Waals surface area contributed by atoms with E-state index in [4.69, 9.17) is 0 Å². The van der Waals surface area contributed by atoms with Crippen LogP contribution in [0.3, 0.4) is 0 Å². The first-order valence-electron chi connectivity index (χ1n) is 7.42. The third kappa shape index (κ3) is 3.16. The van der Waals surface area contributed by atoms with Gasteiger partial charge in [0.25, 0.3) is 0 Å². The van der Waals surface area contributed by atoms with E-state index in [2.05, 4.69) is 4.90 Å². The number of carbonyl (C=O) groups is 2. The Morgan fingerprint density at radius 3 is 2.63 bits per heavy atom. The molecule has 0 aromatic carbocycles. The van der Waals surface area contributed by atoms with Crippen molar-refractivity contribution in [2.24, 2.45) is 11.3 Å². The molecule has 1 aliphatic heterocycles. The fraction of sp³-hybridized carbons (Fsp3) is 0.867. The summed E-state index contributed by atoms with van der Waals surface area (Å²) < 4.78 is 0. The molecule has 0 aromatic heterocycles. The van der Waals surface area contributed by atoms with E-state index < -0.39 is 11.4 Å². The van der Waals surface area contributed by atoms with Crippen molar-refractivity contribution in [3.8, 4) is 0 Å². The Morgan fingerprint density at radius 1 is 1.32 bits per heavy atom. The van der Waals surface area contributed by atoms with Gasteiger partial charge in [0.1, 0.15) is 5.78 Å². The van der Waals surface area contributed by atoms with Gasteiger partial charge in [-0.15, -0.1) is 0 Å². The molecule has 1 N–H and O–H groups in total. The maximum Gasteiger partial charge on any atom is 0.310 e. The van der Waals surface area contributed by atoms with Crippen LogP contribution in [-0.4, -0.2) is 40.9 Å². The quantitative estimate of drug-likeness (QED) is 0.849. The number of rotatable bonds is 4. The van der Waals surface area contributed by atoms with Gasteiger partial charge in [-0.05, 0) is 46.1 Å². The summed E-state index contributed by atoms with van der Waals surface area (Å²) in [7, 11) is 0. The summed E-state index contributed by atoms with van der Waals surface area (Å²) in [5, 5.41) is 9.28. The first-order valence-corrected chi connectivity index (χ1v) is 7.42. The van der Waals surface area contributed by atoms with E-state index in [1.54, 1.807) is 13.8 Å². The molecule has 0 spiro atoms. The van der Waals surface area contributed by atoms with E-state index in [0.29, 0.717) is 12.3 Å². The standard InChI is InChI=1S/C15H25NO3/c1-15(2,14(18)19)10-16-9-4-3-7-12(16)11-6-5-8-13(11)17/h11-12H,3-10H2,1-2H3,(H,18,19). The molecule has 0 bridgehead atoms. The number of carboxylic acid groups (broad SMARTS) is 1. The Balaban J connectivity index is 2.08. The van der Waals surface area contributed by atoms with Crippen molar-refractivity contribution in [2.45, 2.75) is 58.4 Å². The summed E-state index contributed by atoms with van der Waals surface area (Å²) >= 11 is 0. The molecule has 0 aromatic rings. The van der Waals surface area contributed by atoms with Gasteiger partial charge in [-0.1, -0.05) is 6.42 Å². The molecule has 19 heavy (non-hydrogen) atoms. The molecular weight excluding hydrogens is 242 g/mol. The van der Waals surface area contributed by atoms with Crippen molar-refractivity contribution in [3.05, 3.63) is 0 Å². The Hall–Kier alpha value is -0.900. The summed E-state index contributed by atoms with van der Waals surface area (Å²) in [6.45, 7) is 5.04. The number of aliphatic carboxylic acids is 1. The molecule has 2 aliphatic rings. The molecule has 0 radical (unpaired) electrons. The molecule has 2 fully saturated rings. The van der Waals surface area contributed by atoms with E-state index >= 15 is 0 Å². The van der Waals surface area contributed by atoms with Gasteiger partial charge in [0.05, 0.1) is 5.41 Å². The second-order valence-electron chi connectivity index (χ2n) is 6.69. The number of ketones is 1. The Bertz CT molecular complexity index is 364. The predicted octanol–water partition coefficient (Wildman–Crippen LogP) is 2.32. The zero-order valence-electron chi connectivity index (χ0n) is 12.0. The number of carbonyl (C=O) groups excluding carboxylic acids is 1. The van der Waals surface area contributed by atoms with Gasteiger partial charge in [0, 0.05) is 24.9 Å². The number of Topliss-reactive ketones (excluding diaryl/α,β-unsaturated/α-hetero) is 1. The maximum absolute atomic E-state index is 12.0. The maximum atomic E-state index is 12.0. The van der Waals surface area contributed by atoms with Crippen LogP contribution in [0.4, 0.5) is 0 Å². The van der Waals surface area contributed by atoms with Gasteiger partial charge >= 0.3 is 5.97 Å². The number of likely N-dealkylation sites (tertiary alicyclic amines) is 1. The van der Waals surface area contributed by atoms with Crippen LogP contribution in [0.25, 0.3) is 0 Å². The van der Waals surface area contributed by atoms with E-state index in [9.17, 15) is 14.7 Å². The molecule has 0 amide bonds. The van der Waals surface area contributed by atoms with Crippen LogP contribution < -0.4 is 0 Å². The summed E-state index contributed by atoms with van der Waals surface area (Å²) in [5.74, 6) is -0.204. The molecule has 4 heteroatoms. The minimum absolute atomic E-state index is 0.157. The van der Waals surface area contributed by atoms with Crippen LogP contribution in [0.2, 0.25) is 0 Å². The van der Waals surface area contributed by atoms with E-state index in [-0.39, 0.29) is 12.0 Å². The molecule has 1 aliphatic carbocycles. The summed E-state index contributed by atoms with van der Waals surface area (Å²) in [6, 6.07) is 0.280. The Morgan fingerprint density at radius 2 is 2.05 bits per heavy atom. The van der Waals surface area contributed by atoms with Gasteiger partial charge in [0.15, 0.2) is 0 Å². The SMILES string of the molecule is CC(C)(CN1CCCCC1C1CCCC1=O)C(=O)O. The normalized spacial score (nSPS) is 29.7. The van der Waals surface area contributed by atoms with Crippen molar-refractivity contribution < 1.29 is 14.7 Å². The van der Waals surface area contributed by atoms with Crippen molar-refractivity contribution in [3.63, 3.8) is 0 Å². The topological polar surface area (TPSA) is 57.6 Å². The van der Waals surface area contributed by atoms with Crippen molar-refractivity contribution in [1.82, 2.24) is 4.90 Å². The molecule has 2 rings (SSSR count). The number of piperidine rings is 1. The minimum Gasteiger partial charge on any atom is -0.481 e. The molecule has 4 nitrogen and oxygen atoms in total. The smallest absolute Gasteiger partial charge is 0.310 e. The van der Waals surface area contributed by atoms with E-state index in [1.165, 1.54) is 6.42 Å². The number of carboxylic acids is 1. The molecule has 2 unspecified atom stereocenters. The second-order valence-corrected chi connectivity index (χ2v) is 6.69. The highest BCUT2D eigenvalue weighted by atomic mass is 16.4. The van der Waals surface area contributed by atoms with Crippen LogP contribution in [0.1, 0.15) is 52.4 Å². The van der Waals surface area contributed by atoms with Crippen LogP contribution in [0.5, 0.6) is 0 Å². The molecule has 1 heterocycles. The highest BCUT2D eigenvalue weighted by molar-refractivity contribution is 5.83. The number of hydrogen-bond acceptors (Lipinski definition) is 3. The highest BCUT2D eigenvalue weighted by Gasteiger charge is 2.40. The van der Waals surface area contributed by atoms with Gasteiger partial charge in [-0.25, -0.2) is 0 Å². The first-order chi connectivity index (χ1) is 8.92. The van der Waals surface area contributed by atoms with Crippen LogP contribution >= 0.6 is 0 Å². The van der Waals surface area contributed by atoms with Gasteiger partial charge in [-0.2, -0.15) is 0 Å². The molecule has 1 saturated heterocycles. The Kier molecular flexibility index (Phi) is 4.29. The molecule has 108 valence electrons. The lowest BCUT2D eigenvalue weighted by molar-refractivity contribution is -0.148. The van der Waals surface area contributed by atoms with Gasteiger partial charge < -0.3 is 5.11 Å². The summed E-state index contributed by atoms with van der Waals surface area (Å²) in [5.41, 5.74) is -0.739. The molecule has 2 atom stereocenters. The lowest BCUT2D eigenvalue weighted by Gasteiger charge is -2.41. The largest absolute Gasteiger partial charge is 0.481 e. The molecular formula is C15H25NO3. The lowest BCUT2D eigenvalue weighted by atomic mass is 9.85. The average molecular weight is 267 g/mol. The monoisotopic (exact) mass is 267 g/mol. The summed E-state index contributed by atoms with van der Waals surface area (Å²) in [4.78, 5) is 25.5. The van der Waals surface area contributed by atoms with Crippen molar-refractivity contribution in [1.29, 1.82) is 0 Å². The average Bonchev–Trinajstić information content (AvgIpc) is 2.75. The zero-order chi connectivity index (χ0) is 14.0. The van der Waals surface area contributed by atoms with Crippen LogP contribution in [-0.2, 0) is 9.59 Å². The summed E-state index contributed by atoms with van der Waals surface area (Å²) in [6.07, 6.45) is 6.05. The van der Waals surface area contributed by atoms with Gasteiger partial charge in [-0.3, -0.25) is 14.5 Å². The number of hydrogen-bond donors (Lipinski definition) is 1. The second kappa shape index (κ2) is 5.61. The van der Waals surface area contributed by atoms with Crippen molar-refractivity contribution in [2.75, 3.05) is 13.1 Å². The highest BCUT2D eigenvalue weighted by Crippen LogP contribution is 2.34.